The van der Waals surface area contributed by atoms with Crippen LogP contribution in [0.15, 0.2) is 24.4 Å². The van der Waals surface area contributed by atoms with Gasteiger partial charge < -0.3 is 5.32 Å². The average Bonchev–Trinajstić information content (AvgIpc) is 2.79. The van der Waals surface area contributed by atoms with Crippen LogP contribution >= 0.6 is 0 Å². The van der Waals surface area contributed by atoms with Gasteiger partial charge in [0.25, 0.3) is 0 Å². The molecule has 0 radical (unpaired) electrons. The van der Waals surface area contributed by atoms with Gasteiger partial charge in [-0.2, -0.15) is 5.10 Å². The molecule has 0 spiro atoms. The number of rotatable bonds is 7. The summed E-state index contributed by atoms with van der Waals surface area (Å²) in [4.78, 5) is 18.2. The van der Waals surface area contributed by atoms with Crippen molar-refractivity contribution in [3.63, 3.8) is 0 Å². The Labute approximate surface area is 137 Å². The first-order valence-electron chi connectivity index (χ1n) is 7.86. The average molecular weight is 315 g/mol. The van der Waals surface area contributed by atoms with Crippen molar-refractivity contribution in [2.24, 2.45) is 0 Å². The molecule has 1 N–H and O–H groups in total. The van der Waals surface area contributed by atoms with Gasteiger partial charge in [0.05, 0.1) is 12.2 Å². The van der Waals surface area contributed by atoms with Gasteiger partial charge in [-0.05, 0) is 51.9 Å². The van der Waals surface area contributed by atoms with Crippen LogP contribution in [0.4, 0.5) is 5.82 Å². The van der Waals surface area contributed by atoms with E-state index < -0.39 is 0 Å². The van der Waals surface area contributed by atoms with Crippen LogP contribution in [-0.4, -0.2) is 45.7 Å². The van der Waals surface area contributed by atoms with Crippen LogP contribution in [0.1, 0.15) is 23.4 Å². The lowest BCUT2D eigenvalue weighted by Gasteiger charge is -2.16. The highest BCUT2D eigenvalue weighted by Gasteiger charge is 2.08. The number of hydrogen-bond acceptors (Lipinski definition) is 4. The number of carbonyl (C=O) groups excluding carboxylic acids is 1. The summed E-state index contributed by atoms with van der Waals surface area (Å²) in [5.41, 5.74) is 3.29. The first kappa shape index (κ1) is 17.1. The number of nitrogens with one attached hydrogen (secondary N) is 1. The number of pyridine rings is 1. The smallest absolute Gasteiger partial charge is 0.239 e. The Morgan fingerprint density at radius 3 is 2.70 bits per heavy atom. The van der Waals surface area contributed by atoms with E-state index in [1.165, 1.54) is 5.69 Å². The molecule has 0 bridgehead atoms. The minimum absolute atomic E-state index is 0.0463. The molecule has 0 saturated heterocycles. The number of hydrogen-bond donors (Lipinski definition) is 1. The lowest BCUT2D eigenvalue weighted by Crippen LogP contribution is -2.31. The Bertz CT molecular complexity index is 648. The first-order chi connectivity index (χ1) is 10.9. The van der Waals surface area contributed by atoms with Gasteiger partial charge in [-0.25, -0.2) is 4.98 Å². The van der Waals surface area contributed by atoms with Gasteiger partial charge >= 0.3 is 0 Å². The molecule has 6 heteroatoms. The van der Waals surface area contributed by atoms with Crippen LogP contribution in [0, 0.1) is 20.8 Å². The van der Waals surface area contributed by atoms with Crippen molar-refractivity contribution in [2.75, 3.05) is 25.5 Å². The standard InChI is InChI=1S/C17H25N5O/c1-13-6-7-16(18-11-13)19-17(23)12-21(4)8-5-9-22-15(3)10-14(2)20-22/h6-7,10-11H,5,8-9,12H2,1-4H3,(H,18,19,23). The lowest BCUT2D eigenvalue weighted by atomic mass is 10.3. The molecule has 0 aliphatic carbocycles. The summed E-state index contributed by atoms with van der Waals surface area (Å²) >= 11 is 0. The van der Waals surface area contributed by atoms with E-state index in [2.05, 4.69) is 28.4 Å². The second-order valence-corrected chi connectivity index (χ2v) is 6.01. The molecular formula is C17H25N5O. The van der Waals surface area contributed by atoms with Crippen LogP contribution in [0.2, 0.25) is 0 Å². The fraction of sp³-hybridized carbons (Fsp3) is 0.471. The van der Waals surface area contributed by atoms with Gasteiger partial charge in [-0.1, -0.05) is 6.07 Å². The molecule has 1 amide bonds. The normalized spacial score (nSPS) is 11.0. The summed E-state index contributed by atoms with van der Waals surface area (Å²) < 4.78 is 2.01. The van der Waals surface area contributed by atoms with Crippen molar-refractivity contribution in [3.8, 4) is 0 Å². The molecule has 0 aliphatic heterocycles. The molecule has 0 saturated carbocycles. The molecule has 2 aromatic heterocycles. The SMILES string of the molecule is Cc1ccc(NC(=O)CN(C)CCCn2nc(C)cc2C)nc1. The van der Waals surface area contributed by atoms with Crippen molar-refractivity contribution < 1.29 is 4.79 Å². The summed E-state index contributed by atoms with van der Waals surface area (Å²) in [5.74, 6) is 0.548. The number of nitrogens with zero attached hydrogens (tertiary/aromatic N) is 4. The van der Waals surface area contributed by atoms with E-state index >= 15 is 0 Å². The summed E-state index contributed by atoms with van der Waals surface area (Å²) in [5, 5.41) is 7.25. The molecule has 6 nitrogen and oxygen atoms in total. The number of aromatic nitrogens is 3. The molecule has 0 atom stereocenters. The van der Waals surface area contributed by atoms with E-state index in [0.29, 0.717) is 12.4 Å². The van der Waals surface area contributed by atoms with E-state index in [0.717, 1.165) is 30.8 Å². The van der Waals surface area contributed by atoms with Crippen molar-refractivity contribution >= 4 is 11.7 Å². The quantitative estimate of drug-likeness (QED) is 0.850. The summed E-state index contributed by atoms with van der Waals surface area (Å²) in [6.45, 7) is 8.09. The van der Waals surface area contributed by atoms with Crippen molar-refractivity contribution in [1.29, 1.82) is 0 Å². The Kier molecular flexibility index (Phi) is 5.87. The van der Waals surface area contributed by atoms with Crippen LogP contribution in [-0.2, 0) is 11.3 Å². The largest absolute Gasteiger partial charge is 0.310 e. The highest BCUT2D eigenvalue weighted by molar-refractivity contribution is 5.91. The Morgan fingerprint density at radius 1 is 1.30 bits per heavy atom. The van der Waals surface area contributed by atoms with Gasteiger partial charge in [0.1, 0.15) is 5.82 Å². The molecule has 0 unspecified atom stereocenters. The second-order valence-electron chi connectivity index (χ2n) is 6.01. The predicted octanol–water partition coefficient (Wildman–Crippen LogP) is 2.16. The van der Waals surface area contributed by atoms with Gasteiger partial charge in [-0.15, -0.1) is 0 Å². The fourth-order valence-electron chi connectivity index (χ4n) is 2.44. The molecule has 23 heavy (non-hydrogen) atoms. The van der Waals surface area contributed by atoms with Crippen LogP contribution in [0.5, 0.6) is 0 Å². The Hall–Kier alpha value is -2.21. The number of aryl methyl sites for hydroxylation is 4. The highest BCUT2D eigenvalue weighted by Crippen LogP contribution is 2.05. The maximum Gasteiger partial charge on any atom is 0.239 e. The molecule has 0 fully saturated rings. The first-order valence-corrected chi connectivity index (χ1v) is 7.86. The van der Waals surface area contributed by atoms with Crippen LogP contribution < -0.4 is 5.32 Å². The zero-order chi connectivity index (χ0) is 16.8. The molecule has 2 rings (SSSR count). The van der Waals surface area contributed by atoms with Gasteiger partial charge in [0.2, 0.25) is 5.91 Å². The van der Waals surface area contributed by atoms with E-state index in [1.807, 2.05) is 42.6 Å². The number of likely N-dealkylation sites (N-methyl/N-ethyl adjacent to an activating group) is 1. The molecule has 0 aromatic carbocycles. The maximum atomic E-state index is 12.0. The zero-order valence-electron chi connectivity index (χ0n) is 14.3. The molecule has 124 valence electrons. The topological polar surface area (TPSA) is 63.1 Å². The third kappa shape index (κ3) is 5.49. The van der Waals surface area contributed by atoms with Crippen LogP contribution in [0.3, 0.4) is 0 Å². The van der Waals surface area contributed by atoms with E-state index in [4.69, 9.17) is 0 Å². The Morgan fingerprint density at radius 2 is 2.09 bits per heavy atom. The third-order valence-corrected chi connectivity index (χ3v) is 3.61. The highest BCUT2D eigenvalue weighted by atomic mass is 16.2. The fourth-order valence-corrected chi connectivity index (χ4v) is 2.44. The number of anilines is 1. The lowest BCUT2D eigenvalue weighted by molar-refractivity contribution is -0.117. The zero-order valence-corrected chi connectivity index (χ0v) is 14.3. The van der Waals surface area contributed by atoms with Gasteiger partial charge in [0, 0.05) is 25.0 Å². The Balaban J connectivity index is 1.71. The van der Waals surface area contributed by atoms with Gasteiger partial charge in [0.15, 0.2) is 0 Å². The molecule has 2 aromatic rings. The maximum absolute atomic E-state index is 12.0. The third-order valence-electron chi connectivity index (χ3n) is 3.61. The van der Waals surface area contributed by atoms with Crippen molar-refractivity contribution in [1.82, 2.24) is 19.7 Å². The molecular weight excluding hydrogens is 290 g/mol. The van der Waals surface area contributed by atoms with Crippen LogP contribution in [0.25, 0.3) is 0 Å². The summed E-state index contributed by atoms with van der Waals surface area (Å²) in [7, 11) is 1.95. The molecule has 0 aliphatic rings. The van der Waals surface area contributed by atoms with Crippen molar-refractivity contribution in [3.05, 3.63) is 41.3 Å². The van der Waals surface area contributed by atoms with Crippen molar-refractivity contribution in [2.45, 2.75) is 33.7 Å². The predicted molar refractivity (Wildman–Crippen MR) is 91.4 cm³/mol. The number of carbonyl (C=O) groups is 1. The summed E-state index contributed by atoms with van der Waals surface area (Å²) in [6, 6.07) is 5.82. The van der Waals surface area contributed by atoms with E-state index in [1.54, 1.807) is 6.20 Å². The van der Waals surface area contributed by atoms with E-state index in [9.17, 15) is 4.79 Å². The van der Waals surface area contributed by atoms with Gasteiger partial charge in [-0.3, -0.25) is 14.4 Å². The van der Waals surface area contributed by atoms with E-state index in [-0.39, 0.29) is 5.91 Å². The summed E-state index contributed by atoms with van der Waals surface area (Å²) in [6.07, 6.45) is 2.70. The minimum atomic E-state index is -0.0463. The number of amides is 1. The molecule has 2 heterocycles. The minimum Gasteiger partial charge on any atom is -0.310 e. The second kappa shape index (κ2) is 7.87. The monoisotopic (exact) mass is 315 g/mol.